The summed E-state index contributed by atoms with van der Waals surface area (Å²) in [6.07, 6.45) is 0.673. The summed E-state index contributed by atoms with van der Waals surface area (Å²) in [5, 5.41) is 2.86. The quantitative estimate of drug-likeness (QED) is 0.607. The fourth-order valence-corrected chi connectivity index (χ4v) is 3.00. The maximum Gasteiger partial charge on any atom is 0.407 e. The summed E-state index contributed by atoms with van der Waals surface area (Å²) in [4.78, 5) is 11.6. The molecule has 1 saturated carbocycles. The van der Waals surface area contributed by atoms with Gasteiger partial charge in [0.2, 0.25) is 0 Å². The third kappa shape index (κ3) is 5.40. The first-order chi connectivity index (χ1) is 7.81. The maximum absolute atomic E-state index is 13.3. The molecule has 0 aromatic heterocycles. The van der Waals surface area contributed by atoms with Gasteiger partial charge in [0.25, 0.3) is 0 Å². The predicted molar refractivity (Wildman–Crippen MR) is 74.3 cm³/mol. The highest BCUT2D eigenvalue weighted by Crippen LogP contribution is 2.28. The number of amides is 1. The van der Waals surface area contributed by atoms with E-state index in [1.54, 1.807) is 0 Å². The Kier molecular flexibility index (Phi) is 5.47. The van der Waals surface area contributed by atoms with Crippen LogP contribution in [-0.2, 0) is 4.74 Å². The second-order valence-electron chi connectivity index (χ2n) is 5.58. The van der Waals surface area contributed by atoms with E-state index >= 15 is 0 Å². The van der Waals surface area contributed by atoms with Crippen LogP contribution in [0.3, 0.4) is 0 Å². The number of nitrogens with one attached hydrogen (secondary N) is 1. The highest BCUT2D eigenvalue weighted by molar-refractivity contribution is 14.1. The highest BCUT2D eigenvalue weighted by Gasteiger charge is 2.31. The van der Waals surface area contributed by atoms with Gasteiger partial charge in [-0.3, -0.25) is 0 Å². The Morgan fingerprint density at radius 2 is 2.12 bits per heavy atom. The Morgan fingerprint density at radius 1 is 1.47 bits per heavy atom. The van der Waals surface area contributed by atoms with E-state index in [2.05, 4.69) is 27.9 Å². The van der Waals surface area contributed by atoms with Gasteiger partial charge in [-0.15, -0.1) is 0 Å². The first-order valence-electron chi connectivity index (χ1n) is 6.01. The molecule has 0 bridgehead atoms. The Balaban J connectivity index is 2.47. The highest BCUT2D eigenvalue weighted by atomic mass is 127. The molecule has 17 heavy (non-hydrogen) atoms. The van der Waals surface area contributed by atoms with Crippen molar-refractivity contribution in [1.29, 1.82) is 0 Å². The minimum atomic E-state index is -0.716. The number of hydrogen-bond donors (Lipinski definition) is 1. The van der Waals surface area contributed by atoms with E-state index in [0.29, 0.717) is 19.3 Å². The van der Waals surface area contributed by atoms with Crippen LogP contribution in [-0.4, -0.2) is 28.3 Å². The van der Waals surface area contributed by atoms with Gasteiger partial charge in [-0.1, -0.05) is 22.6 Å². The topological polar surface area (TPSA) is 38.3 Å². The fraction of sp³-hybridized carbons (Fsp3) is 0.917. The molecule has 0 aromatic carbocycles. The fourth-order valence-electron chi connectivity index (χ4n) is 2.03. The van der Waals surface area contributed by atoms with Crippen molar-refractivity contribution in [2.75, 3.05) is 4.43 Å². The van der Waals surface area contributed by atoms with Gasteiger partial charge in [0.1, 0.15) is 11.8 Å². The summed E-state index contributed by atoms with van der Waals surface area (Å²) >= 11 is 2.25. The van der Waals surface area contributed by atoms with Gasteiger partial charge >= 0.3 is 6.09 Å². The van der Waals surface area contributed by atoms with Crippen molar-refractivity contribution >= 4 is 28.7 Å². The van der Waals surface area contributed by atoms with Crippen LogP contribution in [0.5, 0.6) is 0 Å². The third-order valence-electron chi connectivity index (χ3n) is 2.82. The second-order valence-corrected chi connectivity index (χ2v) is 6.46. The molecule has 0 aliphatic heterocycles. The summed E-state index contributed by atoms with van der Waals surface area (Å²) in [5.74, 6) is 0.215. The molecule has 1 N–H and O–H groups in total. The standard InChI is InChI=1S/C12H21FINO2/c1-12(2,3)17-11(16)15-10-5-4-9(13)6-8(10)7-14/h8-10H,4-7H2,1-3H3,(H,15,16)/t8-,9+,10+/m1/s1. The normalized spacial score (nSPS) is 29.8. The van der Waals surface area contributed by atoms with Gasteiger partial charge in [-0.25, -0.2) is 9.18 Å². The number of carbonyl (C=O) groups excluding carboxylic acids is 1. The van der Waals surface area contributed by atoms with E-state index in [1.165, 1.54) is 0 Å². The number of halogens is 2. The molecular weight excluding hydrogens is 336 g/mol. The first kappa shape index (κ1) is 15.0. The smallest absolute Gasteiger partial charge is 0.407 e. The number of hydrogen-bond acceptors (Lipinski definition) is 2. The second kappa shape index (κ2) is 6.20. The van der Waals surface area contributed by atoms with E-state index < -0.39 is 17.9 Å². The average molecular weight is 357 g/mol. The minimum Gasteiger partial charge on any atom is -0.444 e. The zero-order valence-electron chi connectivity index (χ0n) is 10.6. The lowest BCUT2D eigenvalue weighted by molar-refractivity contribution is 0.0455. The van der Waals surface area contributed by atoms with Crippen LogP contribution in [0.15, 0.2) is 0 Å². The molecule has 0 saturated heterocycles. The van der Waals surface area contributed by atoms with Crippen molar-refractivity contribution in [2.45, 2.75) is 57.8 Å². The molecule has 1 amide bonds. The van der Waals surface area contributed by atoms with Gasteiger partial charge in [0.15, 0.2) is 0 Å². The summed E-state index contributed by atoms with van der Waals surface area (Å²) in [6.45, 7) is 5.50. The molecule has 100 valence electrons. The summed E-state index contributed by atoms with van der Waals surface area (Å²) in [5.41, 5.74) is -0.485. The molecule has 1 aliphatic rings. The van der Waals surface area contributed by atoms with Crippen molar-refractivity contribution in [2.24, 2.45) is 5.92 Å². The molecule has 3 nitrogen and oxygen atoms in total. The van der Waals surface area contributed by atoms with Gasteiger partial charge < -0.3 is 10.1 Å². The summed E-state index contributed by atoms with van der Waals surface area (Å²) < 4.78 is 19.3. The van der Waals surface area contributed by atoms with Crippen LogP contribution >= 0.6 is 22.6 Å². The third-order valence-corrected chi connectivity index (χ3v) is 3.95. The van der Waals surface area contributed by atoms with Gasteiger partial charge in [-0.05, 0) is 46.0 Å². The summed E-state index contributed by atoms with van der Waals surface area (Å²) in [6, 6.07) is 0.0498. The lowest BCUT2D eigenvalue weighted by Gasteiger charge is -2.33. The number of carbonyl (C=O) groups is 1. The number of rotatable bonds is 2. The molecule has 0 heterocycles. The van der Waals surface area contributed by atoms with E-state index in [0.717, 1.165) is 4.43 Å². The van der Waals surface area contributed by atoms with E-state index in [9.17, 15) is 9.18 Å². The van der Waals surface area contributed by atoms with Crippen LogP contribution in [0.1, 0.15) is 40.0 Å². The van der Waals surface area contributed by atoms with Gasteiger partial charge in [0.05, 0.1) is 0 Å². The lowest BCUT2D eigenvalue weighted by atomic mass is 9.85. The zero-order valence-corrected chi connectivity index (χ0v) is 12.8. The molecule has 0 aromatic rings. The molecule has 0 unspecified atom stereocenters. The van der Waals surface area contributed by atoms with E-state index in [1.807, 2.05) is 20.8 Å². The molecule has 0 spiro atoms. The lowest BCUT2D eigenvalue weighted by Crippen LogP contribution is -2.46. The SMILES string of the molecule is CC(C)(C)OC(=O)N[C@H]1CC[C@H](F)C[C@@H]1CI. The Morgan fingerprint density at radius 3 is 2.65 bits per heavy atom. The molecule has 1 aliphatic carbocycles. The Bertz CT molecular complexity index is 268. The Labute approximate surface area is 116 Å². The minimum absolute atomic E-state index is 0.0498. The number of alkyl halides is 2. The molecule has 5 heteroatoms. The molecular formula is C12H21FINO2. The number of alkyl carbamates (subject to hydrolysis) is 1. The van der Waals surface area contributed by atoms with Crippen molar-refractivity contribution in [3.63, 3.8) is 0 Å². The molecule has 3 atom stereocenters. The zero-order chi connectivity index (χ0) is 13.1. The maximum atomic E-state index is 13.3. The van der Waals surface area contributed by atoms with Crippen molar-refractivity contribution in [1.82, 2.24) is 5.32 Å². The van der Waals surface area contributed by atoms with Crippen LogP contribution in [0.2, 0.25) is 0 Å². The van der Waals surface area contributed by atoms with Gasteiger partial charge in [0, 0.05) is 10.5 Å². The van der Waals surface area contributed by atoms with Crippen molar-refractivity contribution in [3.8, 4) is 0 Å². The molecule has 1 rings (SSSR count). The van der Waals surface area contributed by atoms with Crippen LogP contribution in [0.25, 0.3) is 0 Å². The summed E-state index contributed by atoms with van der Waals surface area (Å²) in [7, 11) is 0. The monoisotopic (exact) mass is 357 g/mol. The van der Waals surface area contributed by atoms with Crippen LogP contribution in [0.4, 0.5) is 9.18 Å². The van der Waals surface area contributed by atoms with E-state index in [-0.39, 0.29) is 12.0 Å². The average Bonchev–Trinajstić information content (AvgIpc) is 2.17. The van der Waals surface area contributed by atoms with E-state index in [4.69, 9.17) is 4.74 Å². The first-order valence-corrected chi connectivity index (χ1v) is 7.54. The van der Waals surface area contributed by atoms with Gasteiger partial charge in [-0.2, -0.15) is 0 Å². The molecule has 1 fully saturated rings. The van der Waals surface area contributed by atoms with Crippen molar-refractivity contribution in [3.05, 3.63) is 0 Å². The van der Waals surface area contributed by atoms with Crippen LogP contribution < -0.4 is 5.32 Å². The van der Waals surface area contributed by atoms with Crippen molar-refractivity contribution < 1.29 is 13.9 Å². The van der Waals surface area contributed by atoms with Crippen LogP contribution in [0, 0.1) is 5.92 Å². The molecule has 0 radical (unpaired) electrons. The predicted octanol–water partition coefficient (Wildman–Crippen LogP) is 3.45. The largest absolute Gasteiger partial charge is 0.444 e. The number of ether oxygens (including phenoxy) is 1. The Hall–Kier alpha value is -0.0700.